The van der Waals surface area contributed by atoms with Gasteiger partial charge in [-0.15, -0.1) is 6.58 Å². The lowest BCUT2D eigenvalue weighted by Gasteiger charge is -2.41. The fourth-order valence-electron chi connectivity index (χ4n) is 6.08. The third kappa shape index (κ3) is 2.02. The number of rotatable bonds is 2. The van der Waals surface area contributed by atoms with Crippen LogP contribution >= 0.6 is 0 Å². The van der Waals surface area contributed by atoms with Crippen LogP contribution < -0.4 is 0 Å². The highest BCUT2D eigenvalue weighted by Crippen LogP contribution is 2.63. The van der Waals surface area contributed by atoms with E-state index in [4.69, 9.17) is 0 Å². The Labute approximate surface area is 125 Å². The van der Waals surface area contributed by atoms with Gasteiger partial charge in [-0.05, 0) is 80.0 Å². The Morgan fingerprint density at radius 3 is 2.65 bits per heavy atom. The molecule has 2 saturated carbocycles. The maximum atomic E-state index is 4.11. The minimum absolute atomic E-state index is 0.589. The molecular formula is C20H32. The molecule has 0 heteroatoms. The van der Waals surface area contributed by atoms with Crippen molar-refractivity contribution in [2.75, 3.05) is 0 Å². The lowest BCUT2D eigenvalue weighted by atomic mass is 9.63. The van der Waals surface area contributed by atoms with Crippen molar-refractivity contribution in [2.24, 2.45) is 40.9 Å². The topological polar surface area (TPSA) is 0 Å². The maximum Gasteiger partial charge on any atom is -0.0134 e. The molecule has 3 aliphatic carbocycles. The van der Waals surface area contributed by atoms with Gasteiger partial charge in [0.2, 0.25) is 0 Å². The average Bonchev–Trinajstić information content (AvgIpc) is 2.90. The summed E-state index contributed by atoms with van der Waals surface area (Å²) >= 11 is 0. The van der Waals surface area contributed by atoms with Crippen LogP contribution in [0.1, 0.15) is 59.8 Å². The van der Waals surface area contributed by atoms with Gasteiger partial charge in [-0.3, -0.25) is 0 Å². The van der Waals surface area contributed by atoms with E-state index in [1.54, 1.807) is 5.57 Å². The molecule has 0 unspecified atom stereocenters. The lowest BCUT2D eigenvalue weighted by molar-refractivity contribution is 0.0804. The Morgan fingerprint density at radius 2 is 2.00 bits per heavy atom. The molecule has 0 aliphatic heterocycles. The van der Waals surface area contributed by atoms with Crippen LogP contribution in [0.4, 0.5) is 0 Å². The Balaban J connectivity index is 1.98. The summed E-state index contributed by atoms with van der Waals surface area (Å²) in [5.41, 5.74) is 2.25. The molecular weight excluding hydrogens is 240 g/mol. The highest BCUT2D eigenvalue weighted by molar-refractivity contribution is 5.18. The number of hydrogen-bond donors (Lipinski definition) is 0. The van der Waals surface area contributed by atoms with Crippen LogP contribution in [-0.2, 0) is 0 Å². The van der Waals surface area contributed by atoms with Gasteiger partial charge in [0.1, 0.15) is 0 Å². The van der Waals surface area contributed by atoms with E-state index in [-0.39, 0.29) is 0 Å². The van der Waals surface area contributed by atoms with Gasteiger partial charge in [0.25, 0.3) is 0 Å². The molecule has 0 spiro atoms. The lowest BCUT2D eigenvalue weighted by Crippen LogP contribution is -2.35. The van der Waals surface area contributed by atoms with E-state index in [0.29, 0.717) is 5.41 Å². The summed E-state index contributed by atoms with van der Waals surface area (Å²) in [6, 6.07) is 0. The monoisotopic (exact) mass is 272 g/mol. The normalized spacial score (nSPS) is 47.6. The first kappa shape index (κ1) is 14.4. The van der Waals surface area contributed by atoms with Crippen molar-refractivity contribution < 1.29 is 0 Å². The predicted molar refractivity (Wildman–Crippen MR) is 87.4 cm³/mol. The van der Waals surface area contributed by atoms with Crippen LogP contribution in [0, 0.1) is 40.9 Å². The van der Waals surface area contributed by atoms with Gasteiger partial charge in [-0.2, -0.15) is 0 Å². The second-order valence-electron chi connectivity index (χ2n) is 8.44. The van der Waals surface area contributed by atoms with E-state index in [9.17, 15) is 0 Å². The molecule has 2 fully saturated rings. The molecule has 0 nitrogen and oxygen atoms in total. The van der Waals surface area contributed by atoms with E-state index in [1.807, 2.05) is 0 Å². The zero-order valence-corrected chi connectivity index (χ0v) is 13.9. The Hall–Kier alpha value is -0.520. The molecule has 6 atom stereocenters. The predicted octanol–water partition coefficient (Wildman–Crippen LogP) is 5.85. The summed E-state index contributed by atoms with van der Waals surface area (Å²) in [6.07, 6.45) is 12.0. The van der Waals surface area contributed by atoms with E-state index in [2.05, 4.69) is 46.4 Å². The minimum atomic E-state index is 0.589. The van der Waals surface area contributed by atoms with Crippen LogP contribution in [-0.4, -0.2) is 0 Å². The van der Waals surface area contributed by atoms with Crippen molar-refractivity contribution >= 4 is 0 Å². The molecule has 0 aromatic carbocycles. The van der Waals surface area contributed by atoms with Crippen molar-refractivity contribution in [2.45, 2.75) is 59.8 Å². The first-order chi connectivity index (χ1) is 9.47. The first-order valence-corrected chi connectivity index (χ1v) is 8.77. The second kappa shape index (κ2) is 5.04. The summed E-state index contributed by atoms with van der Waals surface area (Å²) in [7, 11) is 0. The summed E-state index contributed by atoms with van der Waals surface area (Å²) in [5.74, 6) is 5.17. The van der Waals surface area contributed by atoms with E-state index in [0.717, 1.165) is 35.5 Å². The third-order valence-corrected chi connectivity index (χ3v) is 7.18. The Morgan fingerprint density at radius 1 is 1.25 bits per heavy atom. The van der Waals surface area contributed by atoms with Crippen molar-refractivity contribution in [3.05, 3.63) is 24.3 Å². The second-order valence-corrected chi connectivity index (χ2v) is 8.44. The highest BCUT2D eigenvalue weighted by Gasteiger charge is 2.54. The van der Waals surface area contributed by atoms with Gasteiger partial charge < -0.3 is 0 Å². The van der Waals surface area contributed by atoms with Crippen LogP contribution in [0.2, 0.25) is 0 Å². The smallest absolute Gasteiger partial charge is 0.0134 e. The van der Waals surface area contributed by atoms with Crippen LogP contribution in [0.3, 0.4) is 0 Å². The van der Waals surface area contributed by atoms with Gasteiger partial charge in [-0.25, -0.2) is 0 Å². The minimum Gasteiger partial charge on any atom is -0.103 e. The van der Waals surface area contributed by atoms with Gasteiger partial charge in [-0.1, -0.05) is 38.5 Å². The number of hydrogen-bond acceptors (Lipinski definition) is 0. The van der Waals surface area contributed by atoms with E-state index in [1.165, 1.54) is 32.1 Å². The standard InChI is InChI=1S/C20H32/c1-6-15-7-8-18-17(15)11-14(4)12-19-16(13(2)3)9-10-20(18,19)5/h6,11,13,15-19H,1,7-10,12H2,2-5H3/t15-,16-,17+,18-,19-,20+/m0/s1. The highest BCUT2D eigenvalue weighted by atomic mass is 14.6. The molecule has 112 valence electrons. The Kier molecular flexibility index (Phi) is 3.63. The molecule has 0 radical (unpaired) electrons. The summed E-state index contributed by atoms with van der Waals surface area (Å²) < 4.78 is 0. The van der Waals surface area contributed by atoms with Gasteiger partial charge in [0, 0.05) is 0 Å². The van der Waals surface area contributed by atoms with Gasteiger partial charge in [0.05, 0.1) is 0 Å². The quantitative estimate of drug-likeness (QED) is 0.553. The number of allylic oxidation sites excluding steroid dienone is 3. The molecule has 0 N–H and O–H groups in total. The van der Waals surface area contributed by atoms with E-state index >= 15 is 0 Å². The van der Waals surface area contributed by atoms with Crippen LogP contribution in [0.15, 0.2) is 24.3 Å². The van der Waals surface area contributed by atoms with E-state index < -0.39 is 0 Å². The van der Waals surface area contributed by atoms with Crippen molar-refractivity contribution in [3.63, 3.8) is 0 Å². The zero-order valence-electron chi connectivity index (χ0n) is 13.9. The molecule has 0 bridgehead atoms. The molecule has 3 aliphatic rings. The summed E-state index contributed by atoms with van der Waals surface area (Å²) in [5, 5.41) is 0. The fourth-order valence-corrected chi connectivity index (χ4v) is 6.08. The summed E-state index contributed by atoms with van der Waals surface area (Å²) in [6.45, 7) is 14.0. The average molecular weight is 272 g/mol. The number of fused-ring (bicyclic) bond motifs is 3. The maximum absolute atomic E-state index is 4.11. The molecule has 0 amide bonds. The largest absolute Gasteiger partial charge is 0.103 e. The third-order valence-electron chi connectivity index (χ3n) is 7.18. The van der Waals surface area contributed by atoms with Crippen molar-refractivity contribution in [1.82, 2.24) is 0 Å². The zero-order chi connectivity index (χ0) is 14.5. The molecule has 0 aromatic rings. The van der Waals surface area contributed by atoms with Crippen molar-refractivity contribution in [3.8, 4) is 0 Å². The molecule has 0 aromatic heterocycles. The summed E-state index contributed by atoms with van der Waals surface area (Å²) in [4.78, 5) is 0. The molecule has 20 heavy (non-hydrogen) atoms. The molecule has 0 heterocycles. The van der Waals surface area contributed by atoms with Crippen LogP contribution in [0.25, 0.3) is 0 Å². The fraction of sp³-hybridized carbons (Fsp3) is 0.800. The molecule has 3 rings (SSSR count). The van der Waals surface area contributed by atoms with Crippen molar-refractivity contribution in [1.29, 1.82) is 0 Å². The molecule has 0 saturated heterocycles. The SMILES string of the molecule is C=C[C@H]1CC[C@H]2[C@@H]1C=C(C)C[C@H]1[C@H](C(C)C)CC[C@]21C. The Bertz CT molecular complexity index is 416. The van der Waals surface area contributed by atoms with Gasteiger partial charge in [0.15, 0.2) is 0 Å². The van der Waals surface area contributed by atoms with Crippen LogP contribution in [0.5, 0.6) is 0 Å². The van der Waals surface area contributed by atoms with Gasteiger partial charge >= 0.3 is 0 Å². The first-order valence-electron chi connectivity index (χ1n) is 8.77.